The first-order chi connectivity index (χ1) is 8.90. The number of nitrogens with one attached hydrogen (secondary N) is 1. The van der Waals surface area contributed by atoms with Crippen molar-refractivity contribution < 1.29 is 4.79 Å². The molecule has 1 aromatic carbocycles. The van der Waals surface area contributed by atoms with Crippen LogP contribution in [0.2, 0.25) is 5.02 Å². The summed E-state index contributed by atoms with van der Waals surface area (Å²) < 4.78 is 0.922. The normalized spacial score (nSPS) is 27.1. The second-order valence-electron chi connectivity index (χ2n) is 5.44. The topological polar surface area (TPSA) is 55.1 Å². The minimum Gasteiger partial charge on any atom is -0.324 e. The van der Waals surface area contributed by atoms with E-state index in [1.807, 2.05) is 12.1 Å². The number of hydrogen-bond donors (Lipinski definition) is 2. The smallest absolute Gasteiger partial charge is 0.244 e. The highest BCUT2D eigenvalue weighted by Gasteiger charge is 2.38. The zero-order valence-electron chi connectivity index (χ0n) is 10.9. The summed E-state index contributed by atoms with van der Waals surface area (Å²) >= 11 is 8.07. The van der Waals surface area contributed by atoms with Crippen LogP contribution in [0.25, 0.3) is 0 Å². The first-order valence-electron chi connectivity index (χ1n) is 6.46. The Balaban J connectivity index is 2.12. The van der Waals surface area contributed by atoms with Gasteiger partial charge in [0, 0.05) is 8.59 Å². The van der Waals surface area contributed by atoms with E-state index >= 15 is 0 Å². The zero-order valence-corrected chi connectivity index (χ0v) is 13.8. The van der Waals surface area contributed by atoms with Crippen LogP contribution in [0, 0.1) is 9.49 Å². The molecule has 0 heterocycles. The molecule has 0 spiro atoms. The van der Waals surface area contributed by atoms with E-state index in [9.17, 15) is 4.79 Å². The van der Waals surface area contributed by atoms with Crippen molar-refractivity contribution in [2.24, 2.45) is 11.7 Å². The molecule has 0 aliphatic heterocycles. The summed E-state index contributed by atoms with van der Waals surface area (Å²) in [6.45, 7) is 2.15. The third-order valence-electron chi connectivity index (χ3n) is 3.66. The number of carbonyl (C=O) groups excluding carboxylic acids is 1. The number of nitrogens with two attached hydrogens (primary N) is 1. The van der Waals surface area contributed by atoms with Crippen LogP contribution < -0.4 is 11.1 Å². The van der Waals surface area contributed by atoms with Crippen molar-refractivity contribution in [2.75, 3.05) is 5.32 Å². The predicted molar refractivity (Wildman–Crippen MR) is 87.3 cm³/mol. The number of benzene rings is 1. The van der Waals surface area contributed by atoms with Crippen molar-refractivity contribution in [2.45, 2.75) is 38.1 Å². The quantitative estimate of drug-likeness (QED) is 0.752. The fourth-order valence-electron chi connectivity index (χ4n) is 2.64. The second-order valence-corrected chi connectivity index (χ2v) is 7.03. The molecule has 19 heavy (non-hydrogen) atoms. The maximum atomic E-state index is 12.4. The van der Waals surface area contributed by atoms with Crippen LogP contribution in [-0.4, -0.2) is 11.4 Å². The number of amides is 1. The summed E-state index contributed by atoms with van der Waals surface area (Å²) in [5, 5.41) is 3.60. The number of halogens is 2. The van der Waals surface area contributed by atoms with Crippen LogP contribution in [-0.2, 0) is 4.79 Å². The van der Waals surface area contributed by atoms with E-state index in [1.165, 1.54) is 0 Å². The Morgan fingerprint density at radius 1 is 1.58 bits per heavy atom. The lowest BCUT2D eigenvalue weighted by atomic mass is 9.76. The molecule has 1 fully saturated rings. The van der Waals surface area contributed by atoms with Gasteiger partial charge in [-0.15, -0.1) is 0 Å². The molecule has 3 nitrogen and oxygen atoms in total. The van der Waals surface area contributed by atoms with E-state index in [-0.39, 0.29) is 5.91 Å². The highest BCUT2D eigenvalue weighted by atomic mass is 127. The second kappa shape index (κ2) is 5.97. The lowest BCUT2D eigenvalue weighted by Crippen LogP contribution is -2.53. The van der Waals surface area contributed by atoms with Crippen molar-refractivity contribution in [3.63, 3.8) is 0 Å². The first-order valence-corrected chi connectivity index (χ1v) is 7.92. The summed E-state index contributed by atoms with van der Waals surface area (Å²) in [6, 6.07) is 5.41. The van der Waals surface area contributed by atoms with Gasteiger partial charge in [-0.1, -0.05) is 31.4 Å². The highest BCUT2D eigenvalue weighted by Crippen LogP contribution is 2.32. The van der Waals surface area contributed by atoms with Gasteiger partial charge in [-0.05, 0) is 59.5 Å². The lowest BCUT2D eigenvalue weighted by molar-refractivity contribution is -0.122. The molecule has 1 aliphatic carbocycles. The number of hydrogen-bond acceptors (Lipinski definition) is 2. The molecule has 0 aromatic heterocycles. The van der Waals surface area contributed by atoms with E-state index in [0.29, 0.717) is 10.9 Å². The summed E-state index contributed by atoms with van der Waals surface area (Å²) in [5.41, 5.74) is 6.32. The van der Waals surface area contributed by atoms with Gasteiger partial charge in [0.05, 0.1) is 11.2 Å². The molecule has 1 aliphatic rings. The molecule has 104 valence electrons. The van der Waals surface area contributed by atoms with Gasteiger partial charge < -0.3 is 11.1 Å². The minimum absolute atomic E-state index is 0.0840. The average Bonchev–Trinajstić information content (AvgIpc) is 2.32. The first kappa shape index (κ1) is 15.1. The molecular formula is C14H18ClIN2O. The van der Waals surface area contributed by atoms with Crippen molar-refractivity contribution in [3.05, 3.63) is 26.8 Å². The third-order valence-corrected chi connectivity index (χ3v) is 4.79. The van der Waals surface area contributed by atoms with Gasteiger partial charge in [-0.3, -0.25) is 4.79 Å². The SMILES string of the molecule is CC1CCCC(N)(C(=O)Nc2ccc(Cl)cc2I)C1. The maximum absolute atomic E-state index is 12.4. The Bertz CT molecular complexity index is 494. The van der Waals surface area contributed by atoms with Gasteiger partial charge in [-0.2, -0.15) is 0 Å². The average molecular weight is 393 g/mol. The summed E-state index contributed by atoms with van der Waals surface area (Å²) in [5.74, 6) is 0.424. The van der Waals surface area contributed by atoms with Crippen molar-refractivity contribution in [1.82, 2.24) is 0 Å². The Morgan fingerprint density at radius 2 is 2.32 bits per heavy atom. The van der Waals surface area contributed by atoms with Crippen LogP contribution in [0.15, 0.2) is 18.2 Å². The minimum atomic E-state index is -0.736. The molecule has 1 aromatic rings. The molecule has 2 rings (SSSR count). The molecule has 0 bridgehead atoms. The maximum Gasteiger partial charge on any atom is 0.244 e. The molecule has 1 saturated carbocycles. The summed E-state index contributed by atoms with van der Waals surface area (Å²) in [4.78, 5) is 12.4. The number of carbonyl (C=O) groups is 1. The van der Waals surface area contributed by atoms with Crippen molar-refractivity contribution >= 4 is 45.8 Å². The van der Waals surface area contributed by atoms with E-state index in [1.54, 1.807) is 6.07 Å². The van der Waals surface area contributed by atoms with Crippen molar-refractivity contribution in [1.29, 1.82) is 0 Å². The molecule has 0 saturated heterocycles. The van der Waals surface area contributed by atoms with Gasteiger partial charge in [0.25, 0.3) is 0 Å². The van der Waals surface area contributed by atoms with Crippen molar-refractivity contribution in [3.8, 4) is 0 Å². The molecule has 3 N–H and O–H groups in total. The summed E-state index contributed by atoms with van der Waals surface area (Å²) in [6.07, 6.45) is 3.68. The number of anilines is 1. The number of rotatable bonds is 2. The van der Waals surface area contributed by atoms with E-state index in [4.69, 9.17) is 17.3 Å². The van der Waals surface area contributed by atoms with Crippen LogP contribution in [0.3, 0.4) is 0 Å². The van der Waals surface area contributed by atoms with E-state index < -0.39 is 5.54 Å². The van der Waals surface area contributed by atoms with Gasteiger partial charge >= 0.3 is 0 Å². The Hall–Kier alpha value is -0.330. The standard InChI is InChI=1S/C14H18ClIN2O/c1-9-3-2-6-14(17,8-9)13(19)18-12-5-4-10(15)7-11(12)16/h4-5,7,9H,2-3,6,8,17H2,1H3,(H,18,19). The van der Waals surface area contributed by atoms with Gasteiger partial charge in [0.15, 0.2) is 0 Å². The summed E-state index contributed by atoms with van der Waals surface area (Å²) in [7, 11) is 0. The fraction of sp³-hybridized carbons (Fsp3) is 0.500. The third kappa shape index (κ3) is 3.61. The van der Waals surface area contributed by atoms with Gasteiger partial charge in [-0.25, -0.2) is 0 Å². The van der Waals surface area contributed by atoms with E-state index in [2.05, 4.69) is 34.8 Å². The largest absolute Gasteiger partial charge is 0.324 e. The van der Waals surface area contributed by atoms with E-state index in [0.717, 1.165) is 34.9 Å². The molecule has 2 atom stereocenters. The molecule has 2 unspecified atom stereocenters. The highest BCUT2D eigenvalue weighted by molar-refractivity contribution is 14.1. The van der Waals surface area contributed by atoms with Gasteiger partial charge in [0.1, 0.15) is 0 Å². The Morgan fingerprint density at radius 3 is 2.95 bits per heavy atom. The Kier molecular flexibility index (Phi) is 4.74. The van der Waals surface area contributed by atoms with Crippen LogP contribution >= 0.6 is 34.2 Å². The van der Waals surface area contributed by atoms with Crippen LogP contribution in [0.5, 0.6) is 0 Å². The zero-order chi connectivity index (χ0) is 14.0. The van der Waals surface area contributed by atoms with Gasteiger partial charge in [0.2, 0.25) is 5.91 Å². The predicted octanol–water partition coefficient (Wildman–Crippen LogP) is 3.79. The monoisotopic (exact) mass is 392 g/mol. The fourth-order valence-corrected chi connectivity index (χ4v) is 3.64. The van der Waals surface area contributed by atoms with Crippen LogP contribution in [0.4, 0.5) is 5.69 Å². The molecular weight excluding hydrogens is 375 g/mol. The molecule has 1 amide bonds. The lowest BCUT2D eigenvalue weighted by Gasteiger charge is -2.35. The Labute approximate surface area is 132 Å². The molecule has 5 heteroatoms. The molecule has 0 radical (unpaired) electrons. The van der Waals surface area contributed by atoms with Crippen LogP contribution in [0.1, 0.15) is 32.6 Å².